The van der Waals surface area contributed by atoms with Crippen LogP contribution in [0, 0.1) is 6.92 Å². The molecule has 0 saturated heterocycles. The van der Waals surface area contributed by atoms with Crippen LogP contribution in [0.4, 0.5) is 0 Å². The fourth-order valence-electron chi connectivity index (χ4n) is 3.90. The number of Topliss-reactive ketones (excluding diaryl/α,β-unsaturated/α-hetero) is 1. The number of aryl methyl sites for hydroxylation is 1. The maximum Gasteiger partial charge on any atom is 0.275 e. The number of pyridine rings is 1. The van der Waals surface area contributed by atoms with Gasteiger partial charge in [0.2, 0.25) is 0 Å². The van der Waals surface area contributed by atoms with Crippen molar-refractivity contribution in [1.82, 2.24) is 14.5 Å². The van der Waals surface area contributed by atoms with E-state index in [4.69, 9.17) is 23.2 Å². The number of carbonyl (C=O) groups excluding carboxylic acids is 1. The molecule has 32 heavy (non-hydrogen) atoms. The number of benzene rings is 2. The van der Waals surface area contributed by atoms with E-state index in [2.05, 4.69) is 9.97 Å². The molecular weight excluding hydrogens is 465 g/mol. The van der Waals surface area contributed by atoms with Gasteiger partial charge in [0.15, 0.2) is 5.78 Å². The summed E-state index contributed by atoms with van der Waals surface area (Å²) in [7, 11) is 0. The van der Waals surface area contributed by atoms with Crippen molar-refractivity contribution in [2.75, 3.05) is 0 Å². The van der Waals surface area contributed by atoms with Gasteiger partial charge in [-0.2, -0.15) is 0 Å². The molecule has 0 radical (unpaired) electrons. The summed E-state index contributed by atoms with van der Waals surface area (Å²) >= 11 is 13.3. The Balaban J connectivity index is 1.89. The third kappa shape index (κ3) is 3.32. The molecule has 8 heteroatoms. The topological polar surface area (TPSA) is 64.8 Å². The summed E-state index contributed by atoms with van der Waals surface area (Å²) in [5, 5.41) is 1.88. The van der Waals surface area contributed by atoms with E-state index < -0.39 is 0 Å². The minimum absolute atomic E-state index is 0.101. The molecule has 0 aliphatic carbocycles. The summed E-state index contributed by atoms with van der Waals surface area (Å²) in [5.74, 6) is -0.101. The summed E-state index contributed by atoms with van der Waals surface area (Å²) < 4.78 is 1.95. The van der Waals surface area contributed by atoms with Gasteiger partial charge in [-0.15, -0.1) is 11.3 Å². The smallest absolute Gasteiger partial charge is 0.275 e. The van der Waals surface area contributed by atoms with Crippen molar-refractivity contribution in [3.63, 3.8) is 0 Å². The first kappa shape index (κ1) is 20.8. The molecule has 5 nitrogen and oxygen atoms in total. The maximum absolute atomic E-state index is 13.4. The number of rotatable bonds is 3. The molecule has 0 aliphatic heterocycles. The second-order valence-corrected chi connectivity index (χ2v) is 9.24. The molecule has 0 atom stereocenters. The molecule has 0 fully saturated rings. The Kier molecular flexibility index (Phi) is 5.08. The Morgan fingerprint density at radius 2 is 1.62 bits per heavy atom. The van der Waals surface area contributed by atoms with Crippen LogP contribution in [0.25, 0.3) is 37.2 Å². The lowest BCUT2D eigenvalue weighted by molar-refractivity contribution is 0.101. The zero-order valence-electron chi connectivity index (χ0n) is 17.0. The normalized spacial score (nSPS) is 11.4. The van der Waals surface area contributed by atoms with Crippen molar-refractivity contribution in [3.05, 3.63) is 86.5 Å². The molecular formula is C24H15Cl2N3O2S. The molecule has 0 spiro atoms. The number of hydrogen-bond donors (Lipinski definition) is 0. The van der Waals surface area contributed by atoms with Crippen LogP contribution in [-0.2, 0) is 0 Å². The first-order chi connectivity index (χ1) is 15.3. The highest BCUT2D eigenvalue weighted by Crippen LogP contribution is 2.40. The van der Waals surface area contributed by atoms with E-state index in [0.29, 0.717) is 47.4 Å². The Labute approximate surface area is 196 Å². The highest BCUT2D eigenvalue weighted by Gasteiger charge is 2.23. The summed E-state index contributed by atoms with van der Waals surface area (Å²) in [6.45, 7) is 3.32. The lowest BCUT2D eigenvalue weighted by Gasteiger charge is -2.12. The SMILES string of the molecule is CC(=O)c1c(C)nc2sc3c(=O)n(-c4ccc(Cl)cc4)cnc3c2c1-c1ccc(Cl)cc1. The minimum Gasteiger partial charge on any atom is -0.294 e. The number of carbonyl (C=O) groups is 1. The van der Waals surface area contributed by atoms with Gasteiger partial charge in [0.05, 0.1) is 16.9 Å². The molecule has 5 aromatic rings. The van der Waals surface area contributed by atoms with Gasteiger partial charge < -0.3 is 0 Å². The first-order valence-electron chi connectivity index (χ1n) is 9.72. The zero-order chi connectivity index (χ0) is 22.6. The van der Waals surface area contributed by atoms with E-state index in [0.717, 1.165) is 11.1 Å². The summed E-state index contributed by atoms with van der Waals surface area (Å²) in [6, 6.07) is 14.3. The van der Waals surface area contributed by atoms with Crippen LogP contribution < -0.4 is 5.56 Å². The number of hydrogen-bond acceptors (Lipinski definition) is 5. The van der Waals surface area contributed by atoms with E-state index in [1.807, 2.05) is 12.1 Å². The molecule has 0 aliphatic rings. The van der Waals surface area contributed by atoms with Crippen LogP contribution in [0.15, 0.2) is 59.7 Å². The molecule has 3 aromatic heterocycles. The van der Waals surface area contributed by atoms with Crippen LogP contribution >= 0.6 is 34.5 Å². The quantitative estimate of drug-likeness (QED) is 0.277. The fourth-order valence-corrected chi connectivity index (χ4v) is 5.26. The fraction of sp³-hybridized carbons (Fsp3) is 0.0833. The van der Waals surface area contributed by atoms with Crippen molar-refractivity contribution in [3.8, 4) is 16.8 Å². The maximum atomic E-state index is 13.4. The zero-order valence-corrected chi connectivity index (χ0v) is 19.3. The number of ketones is 1. The summed E-state index contributed by atoms with van der Waals surface area (Å²) in [4.78, 5) is 35.9. The Hall–Kier alpha value is -3.06. The Morgan fingerprint density at radius 3 is 2.25 bits per heavy atom. The molecule has 0 amide bonds. The van der Waals surface area contributed by atoms with Crippen LogP contribution in [0.1, 0.15) is 23.0 Å². The predicted molar refractivity (Wildman–Crippen MR) is 131 cm³/mol. The number of fused-ring (bicyclic) bond motifs is 3. The molecule has 3 heterocycles. The van der Waals surface area contributed by atoms with Crippen molar-refractivity contribution < 1.29 is 4.79 Å². The van der Waals surface area contributed by atoms with E-state index in [1.165, 1.54) is 29.2 Å². The van der Waals surface area contributed by atoms with E-state index in [1.54, 1.807) is 43.3 Å². The summed E-state index contributed by atoms with van der Waals surface area (Å²) in [6.07, 6.45) is 1.50. The third-order valence-corrected chi connectivity index (χ3v) is 6.87. The molecule has 2 aromatic carbocycles. The second-order valence-electron chi connectivity index (χ2n) is 7.37. The van der Waals surface area contributed by atoms with Crippen molar-refractivity contribution >= 4 is 60.8 Å². The molecule has 0 saturated carbocycles. The standard InChI is InChI=1S/C24H15Cl2N3O2S/c1-12-18(13(2)30)19(14-3-5-15(25)6-4-14)20-21-22(32-23(20)28-12)24(31)29(11-27-21)17-9-7-16(26)8-10-17/h3-11H,1-2H3. The van der Waals surface area contributed by atoms with Gasteiger partial charge in [-0.1, -0.05) is 35.3 Å². The van der Waals surface area contributed by atoms with Gasteiger partial charge in [0.1, 0.15) is 15.9 Å². The molecule has 0 bridgehead atoms. The van der Waals surface area contributed by atoms with Crippen molar-refractivity contribution in [1.29, 1.82) is 0 Å². The van der Waals surface area contributed by atoms with Gasteiger partial charge in [0, 0.05) is 26.6 Å². The van der Waals surface area contributed by atoms with Crippen LogP contribution in [0.2, 0.25) is 10.0 Å². The molecule has 0 N–H and O–H groups in total. The van der Waals surface area contributed by atoms with Gasteiger partial charge in [0.25, 0.3) is 5.56 Å². The van der Waals surface area contributed by atoms with Crippen LogP contribution in [-0.4, -0.2) is 20.3 Å². The average Bonchev–Trinajstić information content (AvgIpc) is 3.13. The van der Waals surface area contributed by atoms with E-state index in [-0.39, 0.29) is 11.3 Å². The predicted octanol–water partition coefficient (Wildman–Crippen LogP) is 6.48. The lowest BCUT2D eigenvalue weighted by Crippen LogP contribution is -2.17. The number of halogens is 2. The number of nitrogens with zero attached hydrogens (tertiary/aromatic N) is 3. The van der Waals surface area contributed by atoms with E-state index >= 15 is 0 Å². The highest BCUT2D eigenvalue weighted by atomic mass is 35.5. The largest absolute Gasteiger partial charge is 0.294 e. The van der Waals surface area contributed by atoms with Crippen molar-refractivity contribution in [2.24, 2.45) is 0 Å². The number of aromatic nitrogens is 3. The molecule has 0 unspecified atom stereocenters. The van der Waals surface area contributed by atoms with Crippen LogP contribution in [0.3, 0.4) is 0 Å². The Bertz CT molecular complexity index is 1590. The van der Waals surface area contributed by atoms with Gasteiger partial charge in [-0.25, -0.2) is 9.97 Å². The number of thiophene rings is 1. The van der Waals surface area contributed by atoms with E-state index in [9.17, 15) is 9.59 Å². The monoisotopic (exact) mass is 479 g/mol. The van der Waals surface area contributed by atoms with Gasteiger partial charge >= 0.3 is 0 Å². The molecule has 158 valence electrons. The average molecular weight is 480 g/mol. The summed E-state index contributed by atoms with van der Waals surface area (Å²) in [5.41, 5.74) is 3.66. The van der Waals surface area contributed by atoms with Gasteiger partial charge in [-0.3, -0.25) is 14.2 Å². The lowest BCUT2D eigenvalue weighted by atomic mass is 9.94. The third-order valence-electron chi connectivity index (χ3n) is 5.30. The molecule has 5 rings (SSSR count). The first-order valence-corrected chi connectivity index (χ1v) is 11.3. The minimum atomic E-state index is -0.204. The Morgan fingerprint density at radius 1 is 1.00 bits per heavy atom. The highest BCUT2D eigenvalue weighted by molar-refractivity contribution is 7.25. The van der Waals surface area contributed by atoms with Crippen molar-refractivity contribution in [2.45, 2.75) is 13.8 Å². The van der Waals surface area contributed by atoms with Gasteiger partial charge in [-0.05, 0) is 55.8 Å². The van der Waals surface area contributed by atoms with Crippen LogP contribution in [0.5, 0.6) is 0 Å². The second kappa shape index (κ2) is 7.81.